The Hall–Kier alpha value is -1.71. The molecule has 0 radical (unpaired) electrons. The third-order valence-electron chi connectivity index (χ3n) is 4.43. The van der Waals surface area contributed by atoms with Crippen LogP contribution in [-0.4, -0.2) is 50.0 Å². The van der Waals surface area contributed by atoms with Crippen LogP contribution in [0.4, 0.5) is 0 Å². The molecule has 1 aromatic carbocycles. The number of carbonyl (C=O) groups is 2. The van der Waals surface area contributed by atoms with E-state index in [0.717, 1.165) is 0 Å². The number of aliphatic imine (C=N–C) groups is 1. The van der Waals surface area contributed by atoms with Gasteiger partial charge in [0.05, 0.1) is 6.04 Å². The van der Waals surface area contributed by atoms with Crippen molar-refractivity contribution in [3.8, 4) is 0 Å². The smallest absolute Gasteiger partial charge is 0.861 e. The Bertz CT molecular complexity index is 827. The third kappa shape index (κ3) is 3.81. The molecule has 136 valence electrons. The summed E-state index contributed by atoms with van der Waals surface area (Å²) in [5.74, 6) is -2.30. The predicted molar refractivity (Wildman–Crippen MR) is 93.3 cm³/mol. The third-order valence-corrected chi connectivity index (χ3v) is 5.99. The monoisotopic (exact) mass is 397 g/mol. The average Bonchev–Trinajstić information content (AvgIpc) is 2.86. The van der Waals surface area contributed by atoms with E-state index in [-0.39, 0.29) is 29.6 Å². The molecule has 2 saturated heterocycles. The maximum Gasteiger partial charge on any atom is 1.00 e. The molecular weight excluding hydrogens is 381 g/mol. The maximum absolute atomic E-state index is 12.5. The van der Waals surface area contributed by atoms with Gasteiger partial charge in [-0.05, 0) is 30.8 Å². The van der Waals surface area contributed by atoms with Crippen molar-refractivity contribution in [3.05, 3.63) is 46.3 Å². The van der Waals surface area contributed by atoms with Gasteiger partial charge in [-0.2, -0.15) is 0 Å². The Labute approximate surface area is 181 Å². The molecule has 2 fully saturated rings. The van der Waals surface area contributed by atoms with Crippen LogP contribution >= 0.6 is 11.8 Å². The summed E-state index contributed by atoms with van der Waals surface area (Å²) in [5.41, 5.74) is 9.22. The summed E-state index contributed by atoms with van der Waals surface area (Å²) in [7, 11) is 0. The Morgan fingerprint density at radius 2 is 2.04 bits per heavy atom. The largest absolute Gasteiger partial charge is 1.00 e. The normalized spacial score (nSPS) is 26.9. The summed E-state index contributed by atoms with van der Waals surface area (Å²) in [4.78, 5) is 31.8. The summed E-state index contributed by atoms with van der Waals surface area (Å²) in [6.07, 6.45) is 0. The van der Waals surface area contributed by atoms with Gasteiger partial charge in [-0.15, -0.1) is 11.8 Å². The number of fused-ring (bicyclic) bond motifs is 1. The molecule has 4 atom stereocenters. The Kier molecular flexibility index (Phi) is 6.49. The van der Waals surface area contributed by atoms with Crippen molar-refractivity contribution in [2.24, 2.45) is 10.1 Å². The number of amides is 1. The van der Waals surface area contributed by atoms with Crippen LogP contribution in [0.15, 0.2) is 40.4 Å². The second-order valence-corrected chi connectivity index (χ2v) is 8.30. The SMILES string of the molecule is CC1(C)S[C@@H]2[C@H](N=C([O-])C(N=[N+]=[N-])c3ccccc3)C(=O)N2[C@H]1C(=O)O.[Na+]. The first-order valence-corrected chi connectivity index (χ1v) is 8.72. The van der Waals surface area contributed by atoms with Crippen molar-refractivity contribution >= 4 is 29.5 Å². The molecule has 0 aromatic heterocycles. The van der Waals surface area contributed by atoms with Crippen LogP contribution in [0.3, 0.4) is 0 Å². The first-order valence-electron chi connectivity index (χ1n) is 7.84. The number of thioether (sulfide) groups is 1. The minimum Gasteiger partial charge on any atom is -0.861 e. The van der Waals surface area contributed by atoms with E-state index in [1.165, 1.54) is 16.7 Å². The van der Waals surface area contributed by atoms with Crippen LogP contribution in [0.1, 0.15) is 25.5 Å². The van der Waals surface area contributed by atoms with Crippen molar-refractivity contribution < 1.29 is 49.4 Å². The van der Waals surface area contributed by atoms with Crippen molar-refractivity contribution in [2.45, 2.75) is 42.1 Å². The molecule has 0 bridgehead atoms. The molecule has 1 unspecified atom stereocenters. The molecule has 11 heteroatoms. The van der Waals surface area contributed by atoms with E-state index in [1.807, 2.05) is 0 Å². The molecular formula is C16H16N5NaO4S. The fraction of sp³-hybridized carbons (Fsp3) is 0.438. The number of azide groups is 1. The Balaban J connectivity index is 0.00000261. The second-order valence-electron chi connectivity index (χ2n) is 6.53. The van der Waals surface area contributed by atoms with Crippen LogP contribution in [-0.2, 0) is 9.59 Å². The summed E-state index contributed by atoms with van der Waals surface area (Å²) in [6, 6.07) is 5.35. The van der Waals surface area contributed by atoms with Gasteiger partial charge in [0.15, 0.2) is 6.04 Å². The summed E-state index contributed by atoms with van der Waals surface area (Å²) in [5, 5.41) is 24.9. The van der Waals surface area contributed by atoms with Gasteiger partial charge in [-0.25, -0.2) is 4.79 Å². The van der Waals surface area contributed by atoms with Gasteiger partial charge in [-0.3, -0.25) is 9.79 Å². The Morgan fingerprint density at radius 1 is 1.41 bits per heavy atom. The molecule has 0 spiro atoms. The second kappa shape index (κ2) is 8.12. The molecule has 27 heavy (non-hydrogen) atoms. The quantitative estimate of drug-likeness (QED) is 0.120. The van der Waals surface area contributed by atoms with Gasteiger partial charge < -0.3 is 15.1 Å². The van der Waals surface area contributed by atoms with Crippen LogP contribution in [0.2, 0.25) is 0 Å². The molecule has 2 aliphatic heterocycles. The molecule has 1 aromatic rings. The van der Waals surface area contributed by atoms with Crippen LogP contribution in [0.25, 0.3) is 10.4 Å². The first kappa shape index (κ1) is 21.6. The molecule has 2 aliphatic rings. The zero-order chi connectivity index (χ0) is 19.1. The van der Waals surface area contributed by atoms with Crippen molar-refractivity contribution in [3.63, 3.8) is 0 Å². The minimum absolute atomic E-state index is 0. The van der Waals surface area contributed by atoms with E-state index < -0.39 is 46.0 Å². The number of hydrogen-bond donors (Lipinski definition) is 1. The van der Waals surface area contributed by atoms with Gasteiger partial charge in [0, 0.05) is 9.66 Å². The molecule has 3 rings (SSSR count). The van der Waals surface area contributed by atoms with Crippen molar-refractivity contribution in [2.75, 3.05) is 0 Å². The maximum atomic E-state index is 12.5. The number of aliphatic carboxylic acids is 1. The number of β-lactam (4-membered cyclic amide) rings is 1. The molecule has 0 aliphatic carbocycles. The number of carboxylic acid groups (broad SMARTS) is 1. The van der Waals surface area contributed by atoms with E-state index in [2.05, 4.69) is 15.0 Å². The van der Waals surface area contributed by atoms with Gasteiger partial charge in [0.1, 0.15) is 11.4 Å². The molecule has 9 nitrogen and oxygen atoms in total. The van der Waals surface area contributed by atoms with Crippen LogP contribution < -0.4 is 34.7 Å². The standard InChI is InChI=1S/C16H17N5O4S.Na/c1-16(2)11(15(24)25)21-13(23)10(14(21)26-16)18-12(22)9(19-20-17)8-6-4-3-5-7-8;/h3-7,9-11,14H,1-2H3,(H,18,22)(H,24,25);/q;+1/p-1/t9?,10-,11+,14-;/m1./s1. The van der Waals surface area contributed by atoms with Gasteiger partial charge >= 0.3 is 35.5 Å². The Morgan fingerprint density at radius 3 is 2.59 bits per heavy atom. The van der Waals surface area contributed by atoms with Gasteiger partial charge in [-0.1, -0.05) is 35.4 Å². The van der Waals surface area contributed by atoms with Gasteiger partial charge in [0.25, 0.3) is 5.91 Å². The van der Waals surface area contributed by atoms with Crippen LogP contribution in [0.5, 0.6) is 0 Å². The number of hydrogen-bond acceptors (Lipinski definition) is 6. The van der Waals surface area contributed by atoms with Crippen molar-refractivity contribution in [1.82, 2.24) is 4.90 Å². The van der Waals surface area contributed by atoms with Crippen LogP contribution in [0, 0.1) is 0 Å². The minimum atomic E-state index is -1.15. The molecule has 2 heterocycles. The topological polar surface area (TPSA) is 142 Å². The predicted octanol–water partition coefficient (Wildman–Crippen LogP) is -1.68. The van der Waals surface area contributed by atoms with Crippen molar-refractivity contribution in [1.29, 1.82) is 0 Å². The van der Waals surface area contributed by atoms with E-state index in [0.29, 0.717) is 5.56 Å². The number of carbonyl (C=O) groups excluding carboxylic acids is 1. The van der Waals surface area contributed by atoms with Gasteiger partial charge in [0.2, 0.25) is 0 Å². The molecule has 1 amide bonds. The zero-order valence-electron chi connectivity index (χ0n) is 15.0. The summed E-state index contributed by atoms with van der Waals surface area (Å²) in [6.45, 7) is 3.49. The summed E-state index contributed by atoms with van der Waals surface area (Å²) >= 11 is 1.30. The first-order chi connectivity index (χ1) is 12.3. The number of nitrogens with zero attached hydrogens (tertiary/aromatic N) is 5. The van der Waals surface area contributed by atoms with E-state index in [1.54, 1.807) is 44.2 Å². The number of carboxylic acids is 1. The average molecular weight is 397 g/mol. The number of benzene rings is 1. The van der Waals surface area contributed by atoms with E-state index in [9.17, 15) is 19.8 Å². The van der Waals surface area contributed by atoms with E-state index in [4.69, 9.17) is 5.53 Å². The molecule has 0 saturated carbocycles. The number of rotatable bonds is 5. The fourth-order valence-electron chi connectivity index (χ4n) is 3.26. The summed E-state index contributed by atoms with van der Waals surface area (Å²) < 4.78 is -0.691. The fourth-order valence-corrected chi connectivity index (χ4v) is 4.88. The molecule has 1 N–H and O–H groups in total. The zero-order valence-corrected chi connectivity index (χ0v) is 17.8. The van der Waals surface area contributed by atoms with E-state index >= 15 is 0 Å².